The number of benzene rings is 1. The molecule has 104 valence electrons. The van der Waals surface area contributed by atoms with Crippen LogP contribution in [-0.2, 0) is 20.0 Å². The predicted octanol–water partition coefficient (Wildman–Crippen LogP) is 2.49. The van der Waals surface area contributed by atoms with Crippen LogP contribution in [0.1, 0.15) is 24.8 Å². The van der Waals surface area contributed by atoms with Crippen molar-refractivity contribution in [2.75, 3.05) is 11.1 Å². The number of rotatable bonds is 3. The largest absolute Gasteiger partial charge is 0.325 e. The summed E-state index contributed by atoms with van der Waals surface area (Å²) in [6.45, 7) is 0. The number of sulfone groups is 1. The Morgan fingerprint density at radius 3 is 2.53 bits per heavy atom. The highest BCUT2D eigenvalue weighted by molar-refractivity contribution is 9.08. The summed E-state index contributed by atoms with van der Waals surface area (Å²) >= 11 is 3.34. The second-order valence-corrected chi connectivity index (χ2v) is 7.53. The summed E-state index contributed by atoms with van der Waals surface area (Å²) < 4.78 is 23.7. The van der Waals surface area contributed by atoms with Gasteiger partial charge in [0.1, 0.15) is 5.25 Å². The lowest BCUT2D eigenvalue weighted by molar-refractivity contribution is -0.116. The Morgan fingerprint density at radius 1 is 1.26 bits per heavy atom. The number of carbonyl (C=O) groups is 1. The van der Waals surface area contributed by atoms with Crippen molar-refractivity contribution in [3.05, 3.63) is 29.8 Å². The molecular weight excluding hydrogens is 330 g/mol. The summed E-state index contributed by atoms with van der Waals surface area (Å²) in [6.07, 6.45) is 1.87. The molecule has 1 aliphatic rings. The van der Waals surface area contributed by atoms with Crippen molar-refractivity contribution in [1.82, 2.24) is 0 Å². The van der Waals surface area contributed by atoms with Crippen LogP contribution in [-0.4, -0.2) is 25.3 Å². The Morgan fingerprint density at radius 2 is 1.95 bits per heavy atom. The van der Waals surface area contributed by atoms with Crippen molar-refractivity contribution in [2.24, 2.45) is 0 Å². The quantitative estimate of drug-likeness (QED) is 0.856. The molecule has 0 aliphatic carbocycles. The molecule has 1 aromatic carbocycles. The fourth-order valence-electron chi connectivity index (χ4n) is 2.15. The third-order valence-electron chi connectivity index (χ3n) is 3.25. The van der Waals surface area contributed by atoms with Crippen molar-refractivity contribution >= 4 is 37.4 Å². The molecule has 1 saturated heterocycles. The van der Waals surface area contributed by atoms with Crippen LogP contribution in [0.3, 0.4) is 0 Å². The van der Waals surface area contributed by atoms with Gasteiger partial charge in [-0.1, -0.05) is 34.5 Å². The number of halogens is 1. The van der Waals surface area contributed by atoms with Gasteiger partial charge < -0.3 is 5.32 Å². The molecule has 2 rings (SSSR count). The summed E-state index contributed by atoms with van der Waals surface area (Å²) in [4.78, 5) is 12.0. The van der Waals surface area contributed by atoms with Gasteiger partial charge in [0.15, 0.2) is 9.84 Å². The third kappa shape index (κ3) is 3.57. The van der Waals surface area contributed by atoms with E-state index in [4.69, 9.17) is 0 Å². The van der Waals surface area contributed by atoms with Gasteiger partial charge in [-0.25, -0.2) is 8.42 Å². The van der Waals surface area contributed by atoms with Crippen LogP contribution in [0.25, 0.3) is 0 Å². The normalized spacial score (nSPS) is 21.8. The van der Waals surface area contributed by atoms with E-state index in [1.165, 1.54) is 0 Å². The lowest BCUT2D eigenvalue weighted by Crippen LogP contribution is -2.39. The molecule has 1 atom stereocenters. The molecule has 1 aromatic rings. The molecule has 1 aliphatic heterocycles. The van der Waals surface area contributed by atoms with E-state index in [1.807, 2.05) is 12.1 Å². The molecule has 1 N–H and O–H groups in total. The number of carbonyl (C=O) groups excluding carboxylic acids is 1. The van der Waals surface area contributed by atoms with E-state index in [0.29, 0.717) is 18.5 Å². The van der Waals surface area contributed by atoms with Gasteiger partial charge in [-0.05, 0) is 30.5 Å². The average molecular weight is 346 g/mol. The molecular formula is C13H16BrNO3S. The van der Waals surface area contributed by atoms with E-state index in [9.17, 15) is 13.2 Å². The van der Waals surface area contributed by atoms with E-state index in [-0.39, 0.29) is 5.75 Å². The standard InChI is InChI=1S/C13H16BrNO3S/c14-9-10-4-6-11(7-5-10)15-13(16)12-3-1-2-8-19(12,17)18/h4-7,12H,1-3,8-9H2,(H,15,16). The maximum atomic E-state index is 12.0. The van der Waals surface area contributed by atoms with Gasteiger partial charge in [0, 0.05) is 11.0 Å². The number of hydrogen-bond acceptors (Lipinski definition) is 3. The molecule has 1 amide bonds. The second-order valence-electron chi connectivity index (χ2n) is 4.67. The molecule has 0 radical (unpaired) electrons. The lowest BCUT2D eigenvalue weighted by atomic mass is 10.1. The van der Waals surface area contributed by atoms with Crippen molar-refractivity contribution in [3.63, 3.8) is 0 Å². The second kappa shape index (κ2) is 6.05. The highest BCUT2D eigenvalue weighted by Crippen LogP contribution is 2.21. The Balaban J connectivity index is 2.07. The van der Waals surface area contributed by atoms with Gasteiger partial charge in [0.25, 0.3) is 0 Å². The number of anilines is 1. The Hall–Kier alpha value is -0.880. The summed E-state index contributed by atoms with van der Waals surface area (Å²) in [5.74, 6) is -0.292. The third-order valence-corrected chi connectivity index (χ3v) is 6.07. The van der Waals surface area contributed by atoms with Gasteiger partial charge in [-0.3, -0.25) is 4.79 Å². The van der Waals surface area contributed by atoms with E-state index in [0.717, 1.165) is 17.3 Å². The number of amides is 1. The van der Waals surface area contributed by atoms with Crippen molar-refractivity contribution in [2.45, 2.75) is 29.8 Å². The van der Waals surface area contributed by atoms with Gasteiger partial charge in [-0.2, -0.15) is 0 Å². The first-order valence-electron chi connectivity index (χ1n) is 6.20. The predicted molar refractivity (Wildman–Crippen MR) is 79.1 cm³/mol. The maximum Gasteiger partial charge on any atom is 0.242 e. The van der Waals surface area contributed by atoms with Crippen LogP contribution in [0.15, 0.2) is 24.3 Å². The zero-order valence-electron chi connectivity index (χ0n) is 10.4. The van der Waals surface area contributed by atoms with Gasteiger partial charge in [0.2, 0.25) is 5.91 Å². The van der Waals surface area contributed by atoms with Crippen LogP contribution in [0.2, 0.25) is 0 Å². The summed E-state index contributed by atoms with van der Waals surface area (Å²) in [5.41, 5.74) is 1.73. The molecule has 1 heterocycles. The highest BCUT2D eigenvalue weighted by atomic mass is 79.9. The van der Waals surface area contributed by atoms with Crippen LogP contribution in [0.4, 0.5) is 5.69 Å². The summed E-state index contributed by atoms with van der Waals surface area (Å²) in [5, 5.41) is 2.54. The Kier molecular flexibility index (Phi) is 4.62. The van der Waals surface area contributed by atoms with Crippen LogP contribution < -0.4 is 5.32 Å². The molecule has 0 spiro atoms. The van der Waals surface area contributed by atoms with E-state index in [1.54, 1.807) is 12.1 Å². The van der Waals surface area contributed by atoms with Crippen molar-refractivity contribution in [3.8, 4) is 0 Å². The molecule has 0 bridgehead atoms. The van der Waals surface area contributed by atoms with Gasteiger partial charge in [0.05, 0.1) is 5.75 Å². The fourth-order valence-corrected chi connectivity index (χ4v) is 4.32. The SMILES string of the molecule is O=C(Nc1ccc(CBr)cc1)C1CCCCS1(=O)=O. The molecule has 1 unspecified atom stereocenters. The van der Waals surface area contributed by atoms with Crippen LogP contribution in [0.5, 0.6) is 0 Å². The zero-order valence-corrected chi connectivity index (χ0v) is 12.8. The summed E-state index contributed by atoms with van der Waals surface area (Å²) in [6, 6.07) is 7.34. The first-order chi connectivity index (χ1) is 9.03. The Bertz CT molecular complexity index is 554. The van der Waals surface area contributed by atoms with Crippen LogP contribution >= 0.6 is 15.9 Å². The first-order valence-corrected chi connectivity index (χ1v) is 9.04. The number of alkyl halides is 1. The van der Waals surface area contributed by atoms with E-state index < -0.39 is 21.0 Å². The molecule has 0 aromatic heterocycles. The van der Waals surface area contributed by atoms with Crippen molar-refractivity contribution in [1.29, 1.82) is 0 Å². The average Bonchev–Trinajstić information content (AvgIpc) is 2.39. The topological polar surface area (TPSA) is 63.2 Å². The molecule has 19 heavy (non-hydrogen) atoms. The fraction of sp³-hybridized carbons (Fsp3) is 0.462. The highest BCUT2D eigenvalue weighted by Gasteiger charge is 2.34. The molecule has 1 fully saturated rings. The lowest BCUT2D eigenvalue weighted by Gasteiger charge is -2.21. The van der Waals surface area contributed by atoms with Crippen LogP contribution in [0, 0.1) is 0 Å². The first kappa shape index (κ1) is 14.5. The molecule has 0 saturated carbocycles. The minimum absolute atomic E-state index is 0.119. The Labute approximate surface area is 121 Å². The monoisotopic (exact) mass is 345 g/mol. The van der Waals surface area contributed by atoms with Gasteiger partial charge >= 0.3 is 0 Å². The smallest absolute Gasteiger partial charge is 0.242 e. The minimum atomic E-state index is -3.28. The zero-order chi connectivity index (χ0) is 13.9. The van der Waals surface area contributed by atoms with E-state index >= 15 is 0 Å². The summed E-state index contributed by atoms with van der Waals surface area (Å²) in [7, 11) is -3.28. The van der Waals surface area contributed by atoms with Crippen molar-refractivity contribution < 1.29 is 13.2 Å². The van der Waals surface area contributed by atoms with Gasteiger partial charge in [-0.15, -0.1) is 0 Å². The molecule has 4 nitrogen and oxygen atoms in total. The number of nitrogens with one attached hydrogen (secondary N) is 1. The van der Waals surface area contributed by atoms with E-state index in [2.05, 4.69) is 21.2 Å². The minimum Gasteiger partial charge on any atom is -0.325 e. The maximum absolute atomic E-state index is 12.0. The number of hydrogen-bond donors (Lipinski definition) is 1. The molecule has 6 heteroatoms.